The number of carboxylic acids is 1. The molecule has 0 atom stereocenters. The van der Waals surface area contributed by atoms with Gasteiger partial charge in [-0.2, -0.15) is 0 Å². The summed E-state index contributed by atoms with van der Waals surface area (Å²) in [4.78, 5) is 14.4. The molecule has 0 aromatic carbocycles. The fraction of sp³-hybridized carbons (Fsp3) is 0. The molecule has 2 heterocycles. The molecule has 2 aromatic rings. The van der Waals surface area contributed by atoms with Crippen LogP contribution >= 0.6 is 11.6 Å². The molecule has 0 fully saturated rings. The molecule has 0 radical (unpaired) electrons. The van der Waals surface area contributed by atoms with Crippen LogP contribution < -0.4 is 0 Å². The van der Waals surface area contributed by atoms with E-state index in [0.29, 0.717) is 16.3 Å². The Kier molecular flexibility index (Phi) is 1.70. The quantitative estimate of drug-likeness (QED) is 0.712. The lowest BCUT2D eigenvalue weighted by atomic mass is 10.4. The highest BCUT2D eigenvalue weighted by molar-refractivity contribution is 6.29. The van der Waals surface area contributed by atoms with E-state index in [4.69, 9.17) is 21.1 Å². The number of hydrogen-bond acceptors (Lipinski definition) is 3. The Labute approximate surface area is 77.8 Å². The lowest BCUT2D eigenvalue weighted by molar-refractivity contribution is 0.0665. The summed E-state index contributed by atoms with van der Waals surface area (Å²) in [5.74, 6) is -1.25. The second kappa shape index (κ2) is 2.74. The fourth-order valence-electron chi connectivity index (χ4n) is 1.00. The normalized spacial score (nSPS) is 10.5. The number of hydrogen-bond donors (Lipinski definition) is 1. The van der Waals surface area contributed by atoms with Gasteiger partial charge >= 0.3 is 5.97 Å². The Bertz CT molecular complexity index is 477. The third kappa shape index (κ3) is 1.36. The molecule has 0 saturated carbocycles. The summed E-state index contributed by atoms with van der Waals surface area (Å²) in [5, 5.41) is 8.91. The molecule has 0 bridgehead atoms. The van der Waals surface area contributed by atoms with Crippen LogP contribution in [0.1, 0.15) is 10.6 Å². The maximum absolute atomic E-state index is 10.5. The van der Waals surface area contributed by atoms with Crippen LogP contribution in [-0.4, -0.2) is 16.1 Å². The largest absolute Gasteiger partial charge is 0.475 e. The molecule has 0 aliphatic carbocycles. The topological polar surface area (TPSA) is 63.3 Å². The van der Waals surface area contributed by atoms with E-state index in [0.717, 1.165) is 0 Å². The number of aromatic carboxylic acids is 1. The molecular weight excluding hydrogens is 194 g/mol. The molecule has 4 nitrogen and oxygen atoms in total. The maximum Gasteiger partial charge on any atom is 0.371 e. The number of aromatic nitrogens is 1. The van der Waals surface area contributed by atoms with Crippen molar-refractivity contribution in [3.63, 3.8) is 0 Å². The molecule has 13 heavy (non-hydrogen) atoms. The van der Waals surface area contributed by atoms with Gasteiger partial charge < -0.3 is 9.52 Å². The first-order chi connectivity index (χ1) is 6.16. The maximum atomic E-state index is 10.5. The molecular formula is C8H4ClNO3. The summed E-state index contributed by atoms with van der Waals surface area (Å²) < 4.78 is 4.96. The number of rotatable bonds is 1. The van der Waals surface area contributed by atoms with Gasteiger partial charge in [0.25, 0.3) is 0 Å². The summed E-state index contributed by atoms with van der Waals surface area (Å²) >= 11 is 5.61. The summed E-state index contributed by atoms with van der Waals surface area (Å²) in [6, 6.07) is 4.46. The Morgan fingerprint density at radius 2 is 2.31 bits per heavy atom. The summed E-state index contributed by atoms with van der Waals surface area (Å²) in [7, 11) is 0. The highest BCUT2D eigenvalue weighted by Gasteiger charge is 2.10. The Morgan fingerprint density at radius 3 is 3.00 bits per heavy atom. The molecule has 0 unspecified atom stereocenters. The predicted molar refractivity (Wildman–Crippen MR) is 46.0 cm³/mol. The van der Waals surface area contributed by atoms with Crippen molar-refractivity contribution in [2.24, 2.45) is 0 Å². The van der Waals surface area contributed by atoms with E-state index >= 15 is 0 Å². The van der Waals surface area contributed by atoms with Crippen molar-refractivity contribution in [2.75, 3.05) is 0 Å². The molecule has 66 valence electrons. The van der Waals surface area contributed by atoms with E-state index in [1.54, 1.807) is 12.1 Å². The zero-order valence-electron chi connectivity index (χ0n) is 6.32. The highest BCUT2D eigenvalue weighted by atomic mass is 35.5. The van der Waals surface area contributed by atoms with Gasteiger partial charge in [0.2, 0.25) is 5.76 Å². The van der Waals surface area contributed by atoms with Crippen LogP contribution in [0.25, 0.3) is 11.1 Å². The van der Waals surface area contributed by atoms with E-state index in [1.807, 2.05) is 0 Å². The van der Waals surface area contributed by atoms with Crippen molar-refractivity contribution in [1.82, 2.24) is 4.98 Å². The van der Waals surface area contributed by atoms with Crippen molar-refractivity contribution in [2.45, 2.75) is 0 Å². The van der Waals surface area contributed by atoms with Gasteiger partial charge in [-0.25, -0.2) is 9.78 Å². The number of fused-ring (bicyclic) bond motifs is 1. The SMILES string of the molecule is O=C(O)c1cc2nc(Cl)ccc2o1. The highest BCUT2D eigenvalue weighted by Crippen LogP contribution is 2.19. The van der Waals surface area contributed by atoms with Gasteiger partial charge in [0, 0.05) is 6.07 Å². The van der Waals surface area contributed by atoms with Crippen LogP contribution in [0, 0.1) is 0 Å². The number of nitrogens with zero attached hydrogens (tertiary/aromatic N) is 1. The molecule has 5 heteroatoms. The lowest BCUT2D eigenvalue weighted by Gasteiger charge is -1.86. The van der Waals surface area contributed by atoms with Crippen molar-refractivity contribution >= 4 is 28.7 Å². The van der Waals surface area contributed by atoms with E-state index in [2.05, 4.69) is 4.98 Å². The summed E-state index contributed by atoms with van der Waals surface area (Å²) in [5.41, 5.74) is 0.867. The molecule has 0 spiro atoms. The molecule has 2 aromatic heterocycles. The first kappa shape index (κ1) is 8.07. The average Bonchev–Trinajstić information content (AvgIpc) is 2.46. The van der Waals surface area contributed by atoms with Crippen LogP contribution in [0.4, 0.5) is 0 Å². The number of halogens is 1. The van der Waals surface area contributed by atoms with E-state index in [1.165, 1.54) is 6.07 Å². The Hall–Kier alpha value is -1.55. The van der Waals surface area contributed by atoms with Crippen molar-refractivity contribution in [3.8, 4) is 0 Å². The Balaban J connectivity index is 2.68. The minimum Gasteiger partial charge on any atom is -0.475 e. The predicted octanol–water partition coefficient (Wildman–Crippen LogP) is 2.18. The van der Waals surface area contributed by atoms with Crippen molar-refractivity contribution in [1.29, 1.82) is 0 Å². The van der Waals surface area contributed by atoms with Crippen LogP contribution in [0.2, 0.25) is 5.15 Å². The monoisotopic (exact) mass is 197 g/mol. The molecule has 0 aliphatic heterocycles. The van der Waals surface area contributed by atoms with Gasteiger partial charge in [-0.1, -0.05) is 11.6 Å². The summed E-state index contributed by atoms with van der Waals surface area (Å²) in [6.07, 6.45) is 0. The Morgan fingerprint density at radius 1 is 1.54 bits per heavy atom. The summed E-state index contributed by atoms with van der Waals surface area (Å²) in [6.45, 7) is 0. The van der Waals surface area contributed by atoms with Crippen molar-refractivity contribution < 1.29 is 14.3 Å². The first-order valence-electron chi connectivity index (χ1n) is 3.46. The molecule has 2 rings (SSSR count). The second-order valence-electron chi connectivity index (χ2n) is 2.43. The zero-order valence-corrected chi connectivity index (χ0v) is 7.08. The minimum absolute atomic E-state index is 0.134. The van der Waals surface area contributed by atoms with Gasteiger partial charge in [0.15, 0.2) is 5.58 Å². The van der Waals surface area contributed by atoms with Gasteiger partial charge in [0.05, 0.1) is 0 Å². The first-order valence-corrected chi connectivity index (χ1v) is 3.84. The second-order valence-corrected chi connectivity index (χ2v) is 2.82. The molecule has 0 amide bonds. The lowest BCUT2D eigenvalue weighted by Crippen LogP contribution is -1.91. The smallest absolute Gasteiger partial charge is 0.371 e. The average molecular weight is 198 g/mol. The van der Waals surface area contributed by atoms with Crippen LogP contribution in [0.15, 0.2) is 22.6 Å². The van der Waals surface area contributed by atoms with Crippen LogP contribution in [-0.2, 0) is 0 Å². The van der Waals surface area contributed by atoms with E-state index < -0.39 is 5.97 Å². The van der Waals surface area contributed by atoms with Gasteiger partial charge in [-0.15, -0.1) is 0 Å². The van der Waals surface area contributed by atoms with Crippen LogP contribution in [0.5, 0.6) is 0 Å². The van der Waals surface area contributed by atoms with E-state index in [9.17, 15) is 4.79 Å². The molecule has 0 aliphatic rings. The third-order valence-electron chi connectivity index (χ3n) is 1.55. The third-order valence-corrected chi connectivity index (χ3v) is 1.76. The van der Waals surface area contributed by atoms with Crippen molar-refractivity contribution in [3.05, 3.63) is 29.1 Å². The standard InChI is InChI=1S/C8H4ClNO3/c9-7-2-1-5-4(10-7)3-6(13-5)8(11)12/h1-3H,(H,11,12). The number of carboxylic acid groups (broad SMARTS) is 1. The van der Waals surface area contributed by atoms with E-state index in [-0.39, 0.29) is 5.76 Å². The van der Waals surface area contributed by atoms with Gasteiger partial charge in [-0.05, 0) is 12.1 Å². The molecule has 0 saturated heterocycles. The molecule has 1 N–H and O–H groups in total. The number of furan rings is 1. The van der Waals surface area contributed by atoms with Gasteiger partial charge in [0.1, 0.15) is 10.7 Å². The fourth-order valence-corrected chi connectivity index (χ4v) is 1.16. The minimum atomic E-state index is -1.12. The van der Waals surface area contributed by atoms with Gasteiger partial charge in [-0.3, -0.25) is 0 Å². The van der Waals surface area contributed by atoms with Crippen LogP contribution in [0.3, 0.4) is 0 Å². The zero-order chi connectivity index (χ0) is 9.42. The number of pyridine rings is 1. The number of carbonyl (C=O) groups is 1.